The molecule has 6 heteroatoms. The van der Waals surface area contributed by atoms with Gasteiger partial charge in [0.15, 0.2) is 0 Å². The predicted octanol–water partition coefficient (Wildman–Crippen LogP) is 2.44. The number of hydrogen-bond acceptors (Lipinski definition) is 3. The molecule has 21 heavy (non-hydrogen) atoms. The van der Waals surface area contributed by atoms with E-state index in [0.29, 0.717) is 12.2 Å². The molecule has 1 aromatic carbocycles. The van der Waals surface area contributed by atoms with E-state index in [4.69, 9.17) is 5.11 Å². The number of aromatic nitrogens is 1. The van der Waals surface area contributed by atoms with Crippen LogP contribution in [-0.2, 0) is 6.54 Å². The van der Waals surface area contributed by atoms with Crippen LogP contribution in [0.1, 0.15) is 15.9 Å². The number of carbonyl (C=O) groups is 2. The van der Waals surface area contributed by atoms with Crippen molar-refractivity contribution in [1.82, 2.24) is 9.88 Å². The van der Waals surface area contributed by atoms with E-state index in [1.807, 2.05) is 0 Å². The molecule has 0 saturated heterocycles. The number of rotatable bonds is 4. The molecule has 0 radical (unpaired) electrons. The number of hydrogen-bond donors (Lipinski definition) is 2. The predicted molar refractivity (Wildman–Crippen MR) is 78.1 cm³/mol. The van der Waals surface area contributed by atoms with Crippen LogP contribution in [-0.4, -0.2) is 34.0 Å². The zero-order valence-electron chi connectivity index (χ0n) is 11.5. The quantitative estimate of drug-likeness (QED) is 0.904. The summed E-state index contributed by atoms with van der Waals surface area (Å²) in [5, 5.41) is 11.6. The molecule has 2 aromatic rings. The molecule has 0 fully saturated rings. The van der Waals surface area contributed by atoms with E-state index in [0.717, 1.165) is 5.56 Å². The number of nitrogens with one attached hydrogen (secondary N) is 1. The maximum atomic E-state index is 12.0. The molecule has 0 saturated carbocycles. The van der Waals surface area contributed by atoms with Crippen LogP contribution in [0.5, 0.6) is 0 Å². The van der Waals surface area contributed by atoms with Gasteiger partial charge in [-0.1, -0.05) is 12.1 Å². The van der Waals surface area contributed by atoms with E-state index < -0.39 is 5.97 Å². The maximum Gasteiger partial charge on any atom is 0.335 e. The van der Waals surface area contributed by atoms with Gasteiger partial charge >= 0.3 is 12.0 Å². The average molecular weight is 285 g/mol. The van der Waals surface area contributed by atoms with Crippen LogP contribution in [0.15, 0.2) is 48.8 Å². The van der Waals surface area contributed by atoms with E-state index in [2.05, 4.69) is 10.3 Å². The van der Waals surface area contributed by atoms with E-state index in [9.17, 15) is 9.59 Å². The zero-order chi connectivity index (χ0) is 15.2. The van der Waals surface area contributed by atoms with Gasteiger partial charge in [0.2, 0.25) is 0 Å². The summed E-state index contributed by atoms with van der Waals surface area (Å²) >= 11 is 0. The average Bonchev–Trinajstić information content (AvgIpc) is 2.48. The minimum absolute atomic E-state index is 0.223. The van der Waals surface area contributed by atoms with E-state index in [-0.39, 0.29) is 11.6 Å². The fourth-order valence-electron chi connectivity index (χ4n) is 1.75. The first-order valence-corrected chi connectivity index (χ1v) is 6.30. The highest BCUT2D eigenvalue weighted by atomic mass is 16.4. The standard InChI is InChI=1S/C15H15N3O3/c1-18(15(21)17-13-3-2-8-16-9-13)10-11-4-6-12(7-5-11)14(19)20/h2-9H,10H2,1H3,(H,17,21)(H,19,20). The van der Waals surface area contributed by atoms with Gasteiger partial charge in [-0.3, -0.25) is 4.98 Å². The van der Waals surface area contributed by atoms with Crippen LogP contribution in [0.25, 0.3) is 0 Å². The molecule has 2 N–H and O–H groups in total. The first kappa shape index (κ1) is 14.5. The minimum atomic E-state index is -0.968. The second kappa shape index (κ2) is 6.51. The molecular formula is C15H15N3O3. The molecule has 2 amide bonds. The number of carbonyl (C=O) groups excluding carboxylic acids is 1. The third-order valence-electron chi connectivity index (χ3n) is 2.88. The van der Waals surface area contributed by atoms with Crippen LogP contribution in [0.4, 0.5) is 10.5 Å². The minimum Gasteiger partial charge on any atom is -0.478 e. The first-order chi connectivity index (χ1) is 10.1. The largest absolute Gasteiger partial charge is 0.478 e. The van der Waals surface area contributed by atoms with Crippen LogP contribution in [0.3, 0.4) is 0 Å². The van der Waals surface area contributed by atoms with Crippen molar-refractivity contribution in [2.45, 2.75) is 6.54 Å². The molecule has 2 rings (SSSR count). The lowest BCUT2D eigenvalue weighted by atomic mass is 10.1. The fraction of sp³-hybridized carbons (Fsp3) is 0.133. The highest BCUT2D eigenvalue weighted by Gasteiger charge is 2.10. The Hall–Kier alpha value is -2.89. The lowest BCUT2D eigenvalue weighted by Gasteiger charge is -2.18. The van der Waals surface area contributed by atoms with Crippen molar-refractivity contribution in [3.05, 3.63) is 59.9 Å². The highest BCUT2D eigenvalue weighted by Crippen LogP contribution is 2.09. The smallest absolute Gasteiger partial charge is 0.335 e. The van der Waals surface area contributed by atoms with Gasteiger partial charge in [-0.2, -0.15) is 0 Å². The molecule has 108 valence electrons. The molecule has 6 nitrogen and oxygen atoms in total. The van der Waals surface area contributed by atoms with Crippen LogP contribution >= 0.6 is 0 Å². The van der Waals surface area contributed by atoms with Crippen molar-refractivity contribution in [2.75, 3.05) is 12.4 Å². The number of nitrogens with zero attached hydrogens (tertiary/aromatic N) is 2. The Morgan fingerprint density at radius 2 is 1.95 bits per heavy atom. The highest BCUT2D eigenvalue weighted by molar-refractivity contribution is 5.89. The Labute approximate surface area is 122 Å². The third-order valence-corrected chi connectivity index (χ3v) is 2.88. The van der Waals surface area contributed by atoms with Gasteiger partial charge in [0.25, 0.3) is 0 Å². The van der Waals surface area contributed by atoms with Crippen molar-refractivity contribution < 1.29 is 14.7 Å². The van der Waals surface area contributed by atoms with E-state index >= 15 is 0 Å². The summed E-state index contributed by atoms with van der Waals surface area (Å²) in [5.41, 5.74) is 1.70. The number of aromatic carboxylic acids is 1. The number of pyridine rings is 1. The van der Waals surface area contributed by atoms with Crippen LogP contribution < -0.4 is 5.32 Å². The summed E-state index contributed by atoms with van der Waals surface area (Å²) in [6, 6.07) is 9.65. The summed E-state index contributed by atoms with van der Waals surface area (Å²) in [6.45, 7) is 0.381. The number of benzene rings is 1. The third kappa shape index (κ3) is 4.04. The van der Waals surface area contributed by atoms with Gasteiger partial charge in [0.1, 0.15) is 0 Å². The number of carboxylic acids is 1. The zero-order valence-corrected chi connectivity index (χ0v) is 11.5. The number of amides is 2. The van der Waals surface area contributed by atoms with Gasteiger partial charge in [0.05, 0.1) is 17.4 Å². The molecule has 0 atom stereocenters. The normalized spacial score (nSPS) is 9.95. The SMILES string of the molecule is CN(Cc1ccc(C(=O)O)cc1)C(=O)Nc1cccnc1. The molecule has 0 aliphatic rings. The summed E-state index contributed by atoms with van der Waals surface area (Å²) in [5.74, 6) is -0.968. The van der Waals surface area contributed by atoms with Crippen LogP contribution in [0, 0.1) is 0 Å². The van der Waals surface area contributed by atoms with Crippen molar-refractivity contribution in [3.8, 4) is 0 Å². The van der Waals surface area contributed by atoms with Crippen LogP contribution in [0.2, 0.25) is 0 Å². The van der Waals surface area contributed by atoms with Crippen molar-refractivity contribution in [1.29, 1.82) is 0 Å². The van der Waals surface area contributed by atoms with Gasteiger partial charge < -0.3 is 15.3 Å². The lowest BCUT2D eigenvalue weighted by molar-refractivity contribution is 0.0697. The topological polar surface area (TPSA) is 82.5 Å². The van der Waals surface area contributed by atoms with Crippen molar-refractivity contribution >= 4 is 17.7 Å². The molecule has 0 unspecified atom stereocenters. The first-order valence-electron chi connectivity index (χ1n) is 6.30. The monoisotopic (exact) mass is 285 g/mol. The fourth-order valence-corrected chi connectivity index (χ4v) is 1.75. The number of urea groups is 1. The Morgan fingerprint density at radius 3 is 2.52 bits per heavy atom. The van der Waals surface area contributed by atoms with Crippen molar-refractivity contribution in [2.24, 2.45) is 0 Å². The van der Waals surface area contributed by atoms with E-state index in [1.165, 1.54) is 17.0 Å². The maximum absolute atomic E-state index is 12.0. The number of carboxylic acid groups (broad SMARTS) is 1. The van der Waals surface area contributed by atoms with Gasteiger partial charge in [-0.25, -0.2) is 9.59 Å². The number of anilines is 1. The molecular weight excluding hydrogens is 270 g/mol. The molecule has 1 aromatic heterocycles. The van der Waals surface area contributed by atoms with Gasteiger partial charge in [-0.15, -0.1) is 0 Å². The molecule has 0 aliphatic heterocycles. The molecule has 1 heterocycles. The molecule has 0 spiro atoms. The Bertz CT molecular complexity index is 626. The Kier molecular flexibility index (Phi) is 4.50. The summed E-state index contributed by atoms with van der Waals surface area (Å²) in [6.07, 6.45) is 3.19. The summed E-state index contributed by atoms with van der Waals surface area (Å²) in [7, 11) is 1.66. The molecule has 0 bridgehead atoms. The lowest BCUT2D eigenvalue weighted by Crippen LogP contribution is -2.30. The second-order valence-corrected chi connectivity index (χ2v) is 4.53. The Morgan fingerprint density at radius 1 is 1.24 bits per heavy atom. The molecule has 0 aliphatic carbocycles. The van der Waals surface area contributed by atoms with Gasteiger partial charge in [-0.05, 0) is 29.8 Å². The van der Waals surface area contributed by atoms with Crippen molar-refractivity contribution in [3.63, 3.8) is 0 Å². The van der Waals surface area contributed by atoms with Gasteiger partial charge in [0, 0.05) is 19.8 Å². The second-order valence-electron chi connectivity index (χ2n) is 4.53. The summed E-state index contributed by atoms with van der Waals surface area (Å²) < 4.78 is 0. The summed E-state index contributed by atoms with van der Waals surface area (Å²) in [4.78, 5) is 28.2. The Balaban J connectivity index is 1.95. The van der Waals surface area contributed by atoms with E-state index in [1.54, 1.807) is 43.7 Å².